The summed E-state index contributed by atoms with van der Waals surface area (Å²) in [4.78, 5) is 11.0. The Hall–Kier alpha value is -3.11. The molecule has 28 heavy (non-hydrogen) atoms. The Morgan fingerprint density at radius 3 is 2.50 bits per heavy atom. The van der Waals surface area contributed by atoms with Gasteiger partial charge in [0.1, 0.15) is 12.4 Å². The Kier molecular flexibility index (Phi) is 6.45. The average Bonchev–Trinajstić information content (AvgIpc) is 2.67. The molecule has 0 heterocycles. The molecule has 0 atom stereocenters. The third kappa shape index (κ3) is 5.21. The summed E-state index contributed by atoms with van der Waals surface area (Å²) < 4.78 is 5.94. The molecule has 0 fully saturated rings. The van der Waals surface area contributed by atoms with E-state index in [1.165, 1.54) is 0 Å². The van der Waals surface area contributed by atoms with Crippen LogP contribution in [0.25, 0.3) is 11.1 Å². The van der Waals surface area contributed by atoms with Gasteiger partial charge in [-0.1, -0.05) is 60.2 Å². The summed E-state index contributed by atoms with van der Waals surface area (Å²) in [6.45, 7) is 2.54. The smallest absolute Gasteiger partial charge is 0.307 e. The number of ether oxygens (including phenoxy) is 1. The van der Waals surface area contributed by atoms with Crippen molar-refractivity contribution in [1.82, 2.24) is 0 Å². The highest BCUT2D eigenvalue weighted by atomic mass is 16.5. The van der Waals surface area contributed by atoms with Crippen LogP contribution in [0.1, 0.15) is 22.3 Å². The van der Waals surface area contributed by atoms with Crippen molar-refractivity contribution in [3.8, 4) is 16.9 Å². The lowest BCUT2D eigenvalue weighted by Crippen LogP contribution is -2.04. The fourth-order valence-electron chi connectivity index (χ4n) is 3.26. The Balaban J connectivity index is 1.81. The maximum atomic E-state index is 11.0. The summed E-state index contributed by atoms with van der Waals surface area (Å²) in [6.07, 6.45) is 0.572. The van der Waals surface area contributed by atoms with E-state index in [0.29, 0.717) is 24.3 Å². The second-order valence-electron chi connectivity index (χ2n) is 6.85. The summed E-state index contributed by atoms with van der Waals surface area (Å²) in [6, 6.07) is 21.7. The zero-order valence-electron chi connectivity index (χ0n) is 15.9. The van der Waals surface area contributed by atoms with Crippen molar-refractivity contribution in [1.29, 1.82) is 0 Å². The molecule has 0 bridgehead atoms. The minimum Gasteiger partial charge on any atom is -0.489 e. The van der Waals surface area contributed by atoms with E-state index in [0.717, 1.165) is 27.8 Å². The molecular formula is C24H24O4. The number of carbonyl (C=O) groups is 1. The van der Waals surface area contributed by atoms with Gasteiger partial charge in [0.05, 0.1) is 6.42 Å². The first-order valence-electron chi connectivity index (χ1n) is 9.28. The number of aliphatic carboxylic acids is 1. The highest BCUT2D eigenvalue weighted by molar-refractivity contribution is 5.71. The molecule has 0 aliphatic heterocycles. The molecule has 3 aromatic rings. The molecule has 144 valence electrons. The third-order valence-corrected chi connectivity index (χ3v) is 4.51. The van der Waals surface area contributed by atoms with Crippen LogP contribution in [0.3, 0.4) is 0 Å². The fraction of sp³-hybridized carbons (Fsp3) is 0.208. The van der Waals surface area contributed by atoms with Gasteiger partial charge in [-0.3, -0.25) is 4.79 Å². The van der Waals surface area contributed by atoms with Crippen molar-refractivity contribution < 1.29 is 19.7 Å². The Morgan fingerprint density at radius 1 is 0.929 bits per heavy atom. The number of aryl methyl sites for hydroxylation is 1. The highest BCUT2D eigenvalue weighted by Crippen LogP contribution is 2.25. The van der Waals surface area contributed by atoms with Gasteiger partial charge < -0.3 is 14.9 Å². The maximum Gasteiger partial charge on any atom is 0.307 e. The molecular weight excluding hydrogens is 352 g/mol. The number of benzene rings is 3. The average molecular weight is 376 g/mol. The zero-order chi connectivity index (χ0) is 19.9. The fourth-order valence-corrected chi connectivity index (χ4v) is 3.26. The lowest BCUT2D eigenvalue weighted by atomic mass is 9.98. The Bertz CT molecular complexity index is 962. The largest absolute Gasteiger partial charge is 0.489 e. The first-order chi connectivity index (χ1) is 13.5. The number of carboxylic acids is 1. The van der Waals surface area contributed by atoms with E-state index in [4.69, 9.17) is 9.84 Å². The van der Waals surface area contributed by atoms with Gasteiger partial charge in [0.2, 0.25) is 0 Å². The van der Waals surface area contributed by atoms with Crippen molar-refractivity contribution in [2.75, 3.05) is 6.61 Å². The van der Waals surface area contributed by atoms with Crippen LogP contribution in [0.2, 0.25) is 0 Å². The summed E-state index contributed by atoms with van der Waals surface area (Å²) >= 11 is 0. The normalized spacial score (nSPS) is 10.6. The van der Waals surface area contributed by atoms with Crippen LogP contribution in [0.4, 0.5) is 0 Å². The SMILES string of the molecule is Cc1cc(COc2ccccc2CC(=O)O)cc(-c2cccc(CCO)c2)c1. The van der Waals surface area contributed by atoms with E-state index in [2.05, 4.69) is 30.3 Å². The standard InChI is InChI=1S/C24H24O4/c1-17-11-19(16-28-23-8-3-2-6-21(23)15-24(26)27)14-22(12-17)20-7-4-5-18(13-20)9-10-25/h2-8,11-14,25H,9-10,15-16H2,1H3,(H,26,27). The minimum atomic E-state index is -0.878. The number of hydrogen-bond donors (Lipinski definition) is 2. The first kappa shape index (κ1) is 19.6. The third-order valence-electron chi connectivity index (χ3n) is 4.51. The van der Waals surface area contributed by atoms with Gasteiger partial charge in [0, 0.05) is 12.2 Å². The lowest BCUT2D eigenvalue weighted by molar-refractivity contribution is -0.136. The zero-order valence-corrected chi connectivity index (χ0v) is 15.9. The molecule has 0 radical (unpaired) electrons. The molecule has 0 aromatic heterocycles. The predicted octanol–water partition coefficient (Wildman–Crippen LogP) is 4.40. The van der Waals surface area contributed by atoms with Crippen LogP contribution in [-0.4, -0.2) is 22.8 Å². The molecule has 0 unspecified atom stereocenters. The van der Waals surface area contributed by atoms with Crippen molar-refractivity contribution in [3.05, 3.63) is 89.0 Å². The van der Waals surface area contributed by atoms with E-state index < -0.39 is 5.97 Å². The molecule has 0 saturated carbocycles. The first-order valence-corrected chi connectivity index (χ1v) is 9.28. The van der Waals surface area contributed by atoms with Gasteiger partial charge >= 0.3 is 5.97 Å². The molecule has 0 saturated heterocycles. The number of rotatable bonds is 8. The molecule has 0 aliphatic rings. The van der Waals surface area contributed by atoms with E-state index in [-0.39, 0.29) is 13.0 Å². The molecule has 3 rings (SSSR count). The van der Waals surface area contributed by atoms with Crippen LogP contribution in [0.15, 0.2) is 66.7 Å². The second kappa shape index (κ2) is 9.20. The monoisotopic (exact) mass is 376 g/mol. The summed E-state index contributed by atoms with van der Waals surface area (Å²) in [5.74, 6) is -0.283. The van der Waals surface area contributed by atoms with Crippen molar-refractivity contribution in [3.63, 3.8) is 0 Å². The molecule has 0 aliphatic carbocycles. The molecule has 3 aromatic carbocycles. The van der Waals surface area contributed by atoms with Crippen molar-refractivity contribution in [2.24, 2.45) is 0 Å². The highest BCUT2D eigenvalue weighted by Gasteiger charge is 2.09. The number of aliphatic hydroxyl groups is 1. The van der Waals surface area contributed by atoms with Gasteiger partial charge in [-0.25, -0.2) is 0 Å². The molecule has 0 amide bonds. The van der Waals surface area contributed by atoms with Crippen molar-refractivity contribution >= 4 is 5.97 Å². The van der Waals surface area contributed by atoms with Crippen LogP contribution < -0.4 is 4.74 Å². The molecule has 0 spiro atoms. The Morgan fingerprint density at radius 2 is 1.71 bits per heavy atom. The number of carboxylic acid groups (broad SMARTS) is 1. The van der Waals surface area contributed by atoms with Crippen LogP contribution in [0.5, 0.6) is 5.75 Å². The van der Waals surface area contributed by atoms with Gasteiger partial charge in [-0.15, -0.1) is 0 Å². The minimum absolute atomic E-state index is 0.0626. The van der Waals surface area contributed by atoms with Crippen LogP contribution >= 0.6 is 0 Å². The van der Waals surface area contributed by atoms with Crippen LogP contribution in [0, 0.1) is 6.92 Å². The van der Waals surface area contributed by atoms with Gasteiger partial charge in [-0.2, -0.15) is 0 Å². The quantitative estimate of drug-likeness (QED) is 0.611. The van der Waals surface area contributed by atoms with Gasteiger partial charge in [0.15, 0.2) is 0 Å². The number of hydrogen-bond acceptors (Lipinski definition) is 3. The predicted molar refractivity (Wildman–Crippen MR) is 110 cm³/mol. The van der Waals surface area contributed by atoms with E-state index in [9.17, 15) is 9.90 Å². The van der Waals surface area contributed by atoms with Crippen molar-refractivity contribution in [2.45, 2.75) is 26.4 Å². The second-order valence-corrected chi connectivity index (χ2v) is 6.85. The van der Waals surface area contributed by atoms with E-state index in [1.807, 2.05) is 31.2 Å². The molecule has 4 heteroatoms. The summed E-state index contributed by atoms with van der Waals surface area (Å²) in [5.41, 5.74) is 6.11. The Labute approximate surface area is 165 Å². The molecule has 2 N–H and O–H groups in total. The van der Waals surface area contributed by atoms with E-state index >= 15 is 0 Å². The van der Waals surface area contributed by atoms with Gasteiger partial charge in [0.25, 0.3) is 0 Å². The van der Waals surface area contributed by atoms with E-state index in [1.54, 1.807) is 12.1 Å². The summed E-state index contributed by atoms with van der Waals surface area (Å²) in [7, 11) is 0. The maximum absolute atomic E-state index is 11.0. The molecule has 4 nitrogen and oxygen atoms in total. The summed E-state index contributed by atoms with van der Waals surface area (Å²) in [5, 5.41) is 18.2. The number of para-hydroxylation sites is 1. The number of aliphatic hydroxyl groups excluding tert-OH is 1. The lowest BCUT2D eigenvalue weighted by Gasteiger charge is -2.13. The topological polar surface area (TPSA) is 66.8 Å². The van der Waals surface area contributed by atoms with Crippen LogP contribution in [-0.2, 0) is 24.2 Å². The van der Waals surface area contributed by atoms with Gasteiger partial charge in [-0.05, 0) is 47.7 Å².